The minimum Gasteiger partial charge on any atom is -0.320 e. The van der Waals surface area contributed by atoms with Crippen LogP contribution in [0.5, 0.6) is 0 Å². The van der Waals surface area contributed by atoms with E-state index in [1.165, 1.54) is 22.8 Å². The summed E-state index contributed by atoms with van der Waals surface area (Å²) in [6.45, 7) is 7.14. The average Bonchev–Trinajstić information content (AvgIpc) is 2.61. The molecule has 1 atom stereocenters. The van der Waals surface area contributed by atoms with Crippen LogP contribution in [-0.4, -0.2) is 6.61 Å². The molecule has 0 amide bonds. The molecule has 1 unspecified atom stereocenters. The van der Waals surface area contributed by atoms with Gasteiger partial charge in [0.1, 0.15) is 6.61 Å². The number of hydrogen-bond acceptors (Lipinski definition) is 5. The Bertz CT molecular complexity index is 811. The van der Waals surface area contributed by atoms with E-state index in [1.54, 1.807) is 24.3 Å². The summed E-state index contributed by atoms with van der Waals surface area (Å²) in [7, 11) is 0. The molecular formula is C17H11N2OPS3. The molecule has 118 valence electrons. The summed E-state index contributed by atoms with van der Waals surface area (Å²) >= 11 is 8.66. The van der Waals surface area contributed by atoms with Crippen molar-refractivity contribution in [1.82, 2.24) is 0 Å². The standard InChI is InChI=1S/C17H11N2OPS3/c1-3-12-20-21(22,23-16-8-4-14(13-18)5-9-16)24-17-10-6-15(19-2)7-11-17/h1,4-11H,12H2. The summed E-state index contributed by atoms with van der Waals surface area (Å²) in [6, 6.07) is 16.5. The highest BCUT2D eigenvalue weighted by Crippen LogP contribution is 2.74. The summed E-state index contributed by atoms with van der Waals surface area (Å²) in [4.78, 5) is 5.24. The minimum absolute atomic E-state index is 0.147. The fraction of sp³-hybridized carbons (Fsp3) is 0.0588. The van der Waals surface area contributed by atoms with Crippen molar-refractivity contribution in [2.45, 2.75) is 9.79 Å². The van der Waals surface area contributed by atoms with Crippen molar-refractivity contribution in [3.63, 3.8) is 0 Å². The first-order chi connectivity index (χ1) is 11.6. The van der Waals surface area contributed by atoms with E-state index in [0.717, 1.165) is 9.79 Å². The van der Waals surface area contributed by atoms with Crippen molar-refractivity contribution in [3.05, 3.63) is 65.5 Å². The van der Waals surface area contributed by atoms with E-state index >= 15 is 0 Å². The Balaban J connectivity index is 2.21. The van der Waals surface area contributed by atoms with Crippen LogP contribution in [0, 0.1) is 30.2 Å². The second-order valence-corrected chi connectivity index (χ2v) is 14.6. The molecule has 2 rings (SSSR count). The average molecular weight is 386 g/mol. The summed E-state index contributed by atoms with van der Waals surface area (Å²) < 4.78 is 3.43. The van der Waals surface area contributed by atoms with Gasteiger partial charge in [0.2, 0.25) is 0 Å². The van der Waals surface area contributed by atoms with Crippen LogP contribution >= 0.6 is 27.4 Å². The highest BCUT2D eigenvalue weighted by molar-refractivity contribution is 8.99. The molecule has 0 saturated carbocycles. The topological polar surface area (TPSA) is 37.4 Å². The van der Waals surface area contributed by atoms with E-state index in [0.29, 0.717) is 11.3 Å². The molecule has 0 radical (unpaired) electrons. The van der Waals surface area contributed by atoms with Gasteiger partial charge in [-0.1, -0.05) is 52.9 Å². The van der Waals surface area contributed by atoms with Crippen LogP contribution in [0.15, 0.2) is 58.3 Å². The molecule has 0 heterocycles. The minimum atomic E-state index is -2.36. The number of benzene rings is 2. The Morgan fingerprint density at radius 3 is 2.12 bits per heavy atom. The van der Waals surface area contributed by atoms with Crippen LogP contribution in [0.3, 0.4) is 0 Å². The maximum Gasteiger partial charge on any atom is 0.187 e. The number of nitrogens with zero attached hydrogens (tertiary/aromatic N) is 2. The van der Waals surface area contributed by atoms with Crippen LogP contribution in [0.4, 0.5) is 5.69 Å². The van der Waals surface area contributed by atoms with Crippen molar-refractivity contribution >= 4 is 44.9 Å². The lowest BCUT2D eigenvalue weighted by Gasteiger charge is -2.20. The SMILES string of the molecule is [C-]#[N+]c1ccc(SP(=S)(OCC#C)Sc2ccc(C#N)cc2)cc1. The highest BCUT2D eigenvalue weighted by atomic mass is 33.2. The third-order valence-corrected chi connectivity index (χ3v) is 10.8. The molecule has 0 aromatic heterocycles. The van der Waals surface area contributed by atoms with Crippen LogP contribution in [0.25, 0.3) is 4.85 Å². The molecule has 3 nitrogen and oxygen atoms in total. The molecule has 0 saturated heterocycles. The zero-order chi connectivity index (χ0) is 17.4. The second kappa shape index (κ2) is 8.95. The predicted molar refractivity (Wildman–Crippen MR) is 105 cm³/mol. The summed E-state index contributed by atoms with van der Waals surface area (Å²) in [6.07, 6.45) is 5.31. The Hall–Kier alpha value is -1.71. The van der Waals surface area contributed by atoms with Gasteiger partial charge >= 0.3 is 0 Å². The quantitative estimate of drug-likeness (QED) is 0.353. The molecule has 0 aliphatic rings. The first kappa shape index (κ1) is 18.6. The number of rotatable bonds is 6. The van der Waals surface area contributed by atoms with E-state index in [2.05, 4.69) is 16.8 Å². The van der Waals surface area contributed by atoms with Gasteiger partial charge in [-0.25, -0.2) is 4.85 Å². The number of nitriles is 1. The fourth-order valence-electron chi connectivity index (χ4n) is 1.62. The lowest BCUT2D eigenvalue weighted by Crippen LogP contribution is -1.85. The molecule has 7 heteroatoms. The second-order valence-electron chi connectivity index (χ2n) is 4.35. The van der Waals surface area contributed by atoms with Crippen molar-refractivity contribution in [1.29, 1.82) is 5.26 Å². The monoisotopic (exact) mass is 386 g/mol. The van der Waals surface area contributed by atoms with Crippen molar-refractivity contribution in [2.24, 2.45) is 0 Å². The van der Waals surface area contributed by atoms with E-state index in [-0.39, 0.29) is 6.61 Å². The van der Waals surface area contributed by atoms with Crippen LogP contribution < -0.4 is 0 Å². The van der Waals surface area contributed by atoms with E-state index in [1.807, 2.05) is 24.3 Å². The van der Waals surface area contributed by atoms with Crippen LogP contribution in [-0.2, 0) is 16.3 Å². The molecule has 0 aliphatic carbocycles. The molecule has 2 aromatic rings. The maximum absolute atomic E-state index is 8.87. The zero-order valence-corrected chi connectivity index (χ0v) is 15.7. The van der Waals surface area contributed by atoms with Gasteiger partial charge in [-0.2, -0.15) is 5.26 Å². The molecule has 2 aromatic carbocycles. The number of hydrogen-bond donors (Lipinski definition) is 0. The van der Waals surface area contributed by atoms with Gasteiger partial charge in [0.25, 0.3) is 0 Å². The third-order valence-electron chi connectivity index (χ3n) is 2.69. The first-order valence-electron chi connectivity index (χ1n) is 6.63. The smallest absolute Gasteiger partial charge is 0.187 e. The third kappa shape index (κ3) is 5.43. The Kier molecular flexibility index (Phi) is 6.95. The van der Waals surface area contributed by atoms with Gasteiger partial charge in [0.05, 0.1) is 18.2 Å². The van der Waals surface area contributed by atoms with Gasteiger partial charge in [-0.05, 0) is 36.1 Å². The van der Waals surface area contributed by atoms with Gasteiger partial charge in [-0.3, -0.25) is 0 Å². The molecule has 0 spiro atoms. The molecule has 0 bridgehead atoms. The van der Waals surface area contributed by atoms with Crippen molar-refractivity contribution < 1.29 is 4.52 Å². The highest BCUT2D eigenvalue weighted by Gasteiger charge is 2.22. The molecular weight excluding hydrogens is 375 g/mol. The van der Waals surface area contributed by atoms with Crippen molar-refractivity contribution in [2.75, 3.05) is 6.61 Å². The summed E-state index contributed by atoms with van der Waals surface area (Å²) in [5, 5.41) is 8.87. The summed E-state index contributed by atoms with van der Waals surface area (Å²) in [5.41, 5.74) is 1.18. The molecule has 0 aliphatic heterocycles. The van der Waals surface area contributed by atoms with Crippen LogP contribution in [0.2, 0.25) is 0 Å². The predicted octanol–water partition coefficient (Wildman–Crippen LogP) is 5.87. The van der Waals surface area contributed by atoms with Gasteiger partial charge in [0, 0.05) is 9.79 Å². The Morgan fingerprint density at radius 1 is 1.12 bits per heavy atom. The van der Waals surface area contributed by atoms with Gasteiger partial charge in [0.15, 0.2) is 10.4 Å². The zero-order valence-electron chi connectivity index (χ0n) is 12.4. The largest absolute Gasteiger partial charge is 0.320 e. The molecule has 24 heavy (non-hydrogen) atoms. The molecule has 0 fully saturated rings. The van der Waals surface area contributed by atoms with Gasteiger partial charge < -0.3 is 4.52 Å². The Morgan fingerprint density at radius 2 is 1.67 bits per heavy atom. The lowest BCUT2D eigenvalue weighted by molar-refractivity contribution is 0.429. The summed E-state index contributed by atoms with van der Waals surface area (Å²) in [5.74, 6) is 2.46. The van der Waals surface area contributed by atoms with E-state index in [4.69, 9.17) is 34.6 Å². The van der Waals surface area contributed by atoms with Crippen molar-refractivity contribution in [3.8, 4) is 18.4 Å². The Labute approximate surface area is 154 Å². The molecule has 0 N–H and O–H groups in total. The van der Waals surface area contributed by atoms with E-state index < -0.39 is 4.67 Å². The van der Waals surface area contributed by atoms with E-state index in [9.17, 15) is 0 Å². The first-order valence-corrected chi connectivity index (χ1v) is 12.2. The normalized spacial score (nSPS) is 12.4. The lowest BCUT2D eigenvalue weighted by atomic mass is 10.2. The van der Waals surface area contributed by atoms with Gasteiger partial charge in [-0.15, -0.1) is 6.42 Å². The maximum atomic E-state index is 8.87. The van der Waals surface area contributed by atoms with Crippen LogP contribution in [0.1, 0.15) is 5.56 Å². The fourth-order valence-corrected chi connectivity index (χ4v) is 9.64. The number of terminal acetylenes is 1.